The lowest BCUT2D eigenvalue weighted by molar-refractivity contribution is -0.119. The highest BCUT2D eigenvalue weighted by Crippen LogP contribution is 2.26. The third-order valence-corrected chi connectivity index (χ3v) is 4.53. The van der Waals surface area contributed by atoms with Crippen molar-refractivity contribution in [1.82, 2.24) is 4.90 Å². The Hall–Kier alpha value is -2.73. The SMILES string of the molecule is COc1ccccc1NC(=O)N1CCC[C@H]1C(=O)Nc1ccc(Cl)cc1. The van der Waals surface area contributed by atoms with Crippen LogP contribution in [0.15, 0.2) is 48.5 Å². The standard InChI is InChI=1S/C19H20ClN3O3/c1-26-17-7-3-2-5-15(17)22-19(25)23-12-4-6-16(23)18(24)21-14-10-8-13(20)9-11-14/h2-3,5,7-11,16H,4,6,12H2,1H3,(H,21,24)(H,22,25)/t16-/m0/s1. The number of nitrogens with zero attached hydrogens (tertiary/aromatic N) is 1. The smallest absolute Gasteiger partial charge is 0.322 e. The van der Waals surface area contributed by atoms with Gasteiger partial charge in [0.25, 0.3) is 0 Å². The van der Waals surface area contributed by atoms with Crippen LogP contribution in [0.5, 0.6) is 5.75 Å². The van der Waals surface area contributed by atoms with Crippen molar-refractivity contribution in [2.75, 3.05) is 24.3 Å². The summed E-state index contributed by atoms with van der Waals surface area (Å²) in [4.78, 5) is 26.8. The van der Waals surface area contributed by atoms with Gasteiger partial charge in [-0.25, -0.2) is 4.79 Å². The number of methoxy groups -OCH3 is 1. The van der Waals surface area contributed by atoms with Gasteiger partial charge in [-0.05, 0) is 49.2 Å². The van der Waals surface area contributed by atoms with Gasteiger partial charge in [0.2, 0.25) is 5.91 Å². The van der Waals surface area contributed by atoms with Crippen molar-refractivity contribution in [2.45, 2.75) is 18.9 Å². The number of halogens is 1. The highest BCUT2D eigenvalue weighted by atomic mass is 35.5. The van der Waals surface area contributed by atoms with Crippen LogP contribution in [0.25, 0.3) is 0 Å². The number of likely N-dealkylation sites (tertiary alicyclic amines) is 1. The van der Waals surface area contributed by atoms with Crippen LogP contribution in [0.3, 0.4) is 0 Å². The fourth-order valence-corrected chi connectivity index (χ4v) is 3.10. The van der Waals surface area contributed by atoms with E-state index in [1.54, 1.807) is 48.4 Å². The van der Waals surface area contributed by atoms with E-state index in [1.807, 2.05) is 12.1 Å². The summed E-state index contributed by atoms with van der Waals surface area (Å²) >= 11 is 5.86. The van der Waals surface area contributed by atoms with Crippen molar-refractivity contribution in [2.24, 2.45) is 0 Å². The Morgan fingerprint density at radius 1 is 1.12 bits per heavy atom. The summed E-state index contributed by atoms with van der Waals surface area (Å²) in [6.07, 6.45) is 1.40. The molecule has 26 heavy (non-hydrogen) atoms. The van der Waals surface area contributed by atoms with Gasteiger partial charge in [0.15, 0.2) is 0 Å². The van der Waals surface area contributed by atoms with Gasteiger partial charge in [-0.1, -0.05) is 23.7 Å². The molecule has 0 bridgehead atoms. The maximum absolute atomic E-state index is 12.7. The molecule has 3 rings (SSSR count). The van der Waals surface area contributed by atoms with Gasteiger partial charge in [0.1, 0.15) is 11.8 Å². The molecule has 1 saturated heterocycles. The maximum atomic E-state index is 12.7. The number of para-hydroxylation sites is 2. The lowest BCUT2D eigenvalue weighted by atomic mass is 10.2. The number of rotatable bonds is 4. The molecule has 1 atom stereocenters. The zero-order valence-corrected chi connectivity index (χ0v) is 15.1. The van der Waals surface area contributed by atoms with Crippen LogP contribution in [0.2, 0.25) is 5.02 Å². The summed E-state index contributed by atoms with van der Waals surface area (Å²) in [5.41, 5.74) is 1.22. The highest BCUT2D eigenvalue weighted by Gasteiger charge is 2.34. The first-order valence-corrected chi connectivity index (χ1v) is 8.73. The molecule has 1 fully saturated rings. The fourth-order valence-electron chi connectivity index (χ4n) is 2.98. The molecule has 0 spiro atoms. The predicted molar refractivity (Wildman–Crippen MR) is 102 cm³/mol. The lowest BCUT2D eigenvalue weighted by Crippen LogP contribution is -2.45. The van der Waals surface area contributed by atoms with Crippen molar-refractivity contribution in [3.63, 3.8) is 0 Å². The van der Waals surface area contributed by atoms with E-state index >= 15 is 0 Å². The Balaban J connectivity index is 1.67. The summed E-state index contributed by atoms with van der Waals surface area (Å²) in [7, 11) is 1.54. The number of hydrogen-bond donors (Lipinski definition) is 2. The molecule has 7 heteroatoms. The summed E-state index contributed by atoms with van der Waals surface area (Å²) in [5, 5.41) is 6.26. The zero-order chi connectivity index (χ0) is 18.5. The first-order valence-electron chi connectivity index (χ1n) is 8.35. The molecule has 3 amide bonds. The molecule has 1 heterocycles. The van der Waals surface area contributed by atoms with E-state index in [2.05, 4.69) is 10.6 Å². The number of ether oxygens (including phenoxy) is 1. The molecular weight excluding hydrogens is 354 g/mol. The van der Waals surface area contributed by atoms with Crippen LogP contribution in [-0.4, -0.2) is 36.5 Å². The summed E-state index contributed by atoms with van der Waals surface area (Å²) < 4.78 is 5.25. The Morgan fingerprint density at radius 2 is 1.85 bits per heavy atom. The molecule has 136 valence electrons. The monoisotopic (exact) mass is 373 g/mol. The average molecular weight is 374 g/mol. The van der Waals surface area contributed by atoms with Gasteiger partial charge >= 0.3 is 6.03 Å². The van der Waals surface area contributed by atoms with Gasteiger partial charge in [0.05, 0.1) is 12.8 Å². The number of anilines is 2. The van der Waals surface area contributed by atoms with Gasteiger partial charge in [-0.15, -0.1) is 0 Å². The van der Waals surface area contributed by atoms with Gasteiger partial charge < -0.3 is 20.3 Å². The Morgan fingerprint density at radius 3 is 2.58 bits per heavy atom. The summed E-state index contributed by atoms with van der Waals surface area (Å²) in [6.45, 7) is 0.527. The first-order chi connectivity index (χ1) is 12.6. The second-order valence-electron chi connectivity index (χ2n) is 5.98. The molecule has 0 aliphatic carbocycles. The van der Waals surface area contributed by atoms with Crippen LogP contribution >= 0.6 is 11.6 Å². The van der Waals surface area contributed by atoms with Gasteiger partial charge in [-0.2, -0.15) is 0 Å². The van der Waals surface area contributed by atoms with E-state index in [-0.39, 0.29) is 11.9 Å². The van der Waals surface area contributed by atoms with Crippen molar-refractivity contribution >= 4 is 34.9 Å². The van der Waals surface area contributed by atoms with E-state index in [9.17, 15) is 9.59 Å². The highest BCUT2D eigenvalue weighted by molar-refractivity contribution is 6.30. The molecule has 0 saturated carbocycles. The van der Waals surface area contributed by atoms with E-state index in [0.717, 1.165) is 6.42 Å². The minimum Gasteiger partial charge on any atom is -0.495 e. The Labute approximate surface area is 157 Å². The minimum absolute atomic E-state index is 0.208. The van der Waals surface area contributed by atoms with E-state index in [0.29, 0.717) is 35.1 Å². The molecule has 1 aliphatic heterocycles. The van der Waals surface area contributed by atoms with Crippen LogP contribution in [0, 0.1) is 0 Å². The van der Waals surface area contributed by atoms with Gasteiger partial charge in [0, 0.05) is 17.3 Å². The minimum atomic E-state index is -0.514. The van der Waals surface area contributed by atoms with E-state index in [4.69, 9.17) is 16.3 Å². The van der Waals surface area contributed by atoms with Crippen LogP contribution in [-0.2, 0) is 4.79 Å². The number of benzene rings is 2. The van der Waals surface area contributed by atoms with Gasteiger partial charge in [-0.3, -0.25) is 4.79 Å². The molecule has 6 nitrogen and oxygen atoms in total. The van der Waals surface area contributed by atoms with Crippen molar-refractivity contribution in [3.8, 4) is 5.75 Å². The predicted octanol–water partition coefficient (Wildman–Crippen LogP) is 3.98. The first kappa shape index (κ1) is 18.1. The Kier molecular flexibility index (Phi) is 5.63. The van der Waals surface area contributed by atoms with Crippen molar-refractivity contribution < 1.29 is 14.3 Å². The lowest BCUT2D eigenvalue weighted by Gasteiger charge is -2.24. The van der Waals surface area contributed by atoms with Crippen LogP contribution in [0.1, 0.15) is 12.8 Å². The van der Waals surface area contributed by atoms with Crippen molar-refractivity contribution in [3.05, 3.63) is 53.6 Å². The third-order valence-electron chi connectivity index (χ3n) is 4.28. The molecule has 2 N–H and O–H groups in total. The van der Waals surface area contributed by atoms with Crippen molar-refractivity contribution in [1.29, 1.82) is 0 Å². The molecule has 0 unspecified atom stereocenters. The average Bonchev–Trinajstić information content (AvgIpc) is 3.14. The third kappa shape index (κ3) is 4.08. The quantitative estimate of drug-likeness (QED) is 0.851. The normalized spacial score (nSPS) is 16.2. The second kappa shape index (κ2) is 8.10. The number of urea groups is 1. The molecule has 1 aliphatic rings. The largest absolute Gasteiger partial charge is 0.495 e. The number of amides is 3. The Bertz CT molecular complexity index is 795. The summed E-state index contributed by atoms with van der Waals surface area (Å²) in [6, 6.07) is 13.2. The number of nitrogens with one attached hydrogen (secondary N) is 2. The van der Waals surface area contributed by atoms with E-state index < -0.39 is 6.04 Å². The maximum Gasteiger partial charge on any atom is 0.322 e. The fraction of sp³-hybridized carbons (Fsp3) is 0.263. The van der Waals surface area contributed by atoms with E-state index in [1.165, 1.54) is 0 Å². The topological polar surface area (TPSA) is 70.7 Å². The number of hydrogen-bond acceptors (Lipinski definition) is 3. The second-order valence-corrected chi connectivity index (χ2v) is 6.41. The molecule has 0 aromatic heterocycles. The molecule has 0 radical (unpaired) electrons. The summed E-state index contributed by atoms with van der Waals surface area (Å²) in [5.74, 6) is 0.363. The van der Waals surface area contributed by atoms with Crippen LogP contribution < -0.4 is 15.4 Å². The zero-order valence-electron chi connectivity index (χ0n) is 14.4. The molecule has 2 aromatic rings. The number of carbonyl (C=O) groups is 2. The molecule has 2 aromatic carbocycles. The number of carbonyl (C=O) groups excluding carboxylic acids is 2. The van der Waals surface area contributed by atoms with Crippen LogP contribution in [0.4, 0.5) is 16.2 Å². The molecular formula is C19H20ClN3O3.